The fourth-order valence-corrected chi connectivity index (χ4v) is 2.16. The fraction of sp³-hybridized carbons (Fsp3) is 0.500. The Kier molecular flexibility index (Phi) is 3.55. The summed E-state index contributed by atoms with van der Waals surface area (Å²) in [4.78, 5) is 0. The minimum Gasteiger partial charge on any atom is -0.393 e. The zero-order valence-electron chi connectivity index (χ0n) is 8.42. The van der Waals surface area contributed by atoms with Crippen LogP contribution in [0.15, 0.2) is 18.2 Å². The lowest BCUT2D eigenvalue weighted by Gasteiger charge is -2.10. The van der Waals surface area contributed by atoms with Crippen LogP contribution < -0.4 is 0 Å². The van der Waals surface area contributed by atoms with E-state index in [-0.39, 0.29) is 6.10 Å². The third-order valence-corrected chi connectivity index (χ3v) is 3.49. The quantitative estimate of drug-likeness (QED) is 0.857. The molecule has 1 atom stereocenters. The van der Waals surface area contributed by atoms with Crippen LogP contribution in [0.25, 0.3) is 0 Å². The van der Waals surface area contributed by atoms with Crippen molar-refractivity contribution in [3.63, 3.8) is 0 Å². The van der Waals surface area contributed by atoms with Crippen LogP contribution in [0, 0.1) is 5.92 Å². The van der Waals surface area contributed by atoms with E-state index in [4.69, 9.17) is 23.2 Å². The van der Waals surface area contributed by atoms with Crippen LogP contribution in [0.4, 0.5) is 0 Å². The normalized spacial score (nSPS) is 17.8. The second kappa shape index (κ2) is 4.73. The van der Waals surface area contributed by atoms with Gasteiger partial charge in [-0.2, -0.15) is 0 Å². The van der Waals surface area contributed by atoms with Gasteiger partial charge in [-0.05, 0) is 55.4 Å². The lowest BCUT2D eigenvalue weighted by atomic mass is 10.0. The summed E-state index contributed by atoms with van der Waals surface area (Å²) in [7, 11) is 0. The van der Waals surface area contributed by atoms with Crippen LogP contribution >= 0.6 is 23.2 Å². The molecule has 1 unspecified atom stereocenters. The molecule has 0 radical (unpaired) electrons. The minimum absolute atomic E-state index is 0.167. The summed E-state index contributed by atoms with van der Waals surface area (Å²) in [5.74, 6) is 0.531. The third kappa shape index (κ3) is 3.10. The van der Waals surface area contributed by atoms with Crippen molar-refractivity contribution >= 4 is 23.2 Å². The van der Waals surface area contributed by atoms with E-state index >= 15 is 0 Å². The number of aliphatic hydroxyl groups excluding tert-OH is 1. The summed E-state index contributed by atoms with van der Waals surface area (Å²) in [5.41, 5.74) is 1.03. The highest BCUT2D eigenvalue weighted by atomic mass is 35.5. The molecule has 1 aliphatic carbocycles. The first-order chi connectivity index (χ1) is 7.16. The molecule has 1 saturated carbocycles. The molecule has 0 aliphatic heterocycles. The van der Waals surface area contributed by atoms with Gasteiger partial charge in [0.05, 0.1) is 6.10 Å². The van der Waals surface area contributed by atoms with Crippen LogP contribution in [0.1, 0.15) is 24.8 Å². The molecule has 82 valence electrons. The minimum atomic E-state index is -0.167. The van der Waals surface area contributed by atoms with E-state index < -0.39 is 0 Å². The average molecular weight is 245 g/mol. The van der Waals surface area contributed by atoms with Crippen molar-refractivity contribution in [3.05, 3.63) is 33.8 Å². The molecule has 0 bridgehead atoms. The topological polar surface area (TPSA) is 20.2 Å². The Labute approximate surface area is 100 Å². The third-order valence-electron chi connectivity index (χ3n) is 2.88. The molecule has 2 rings (SSSR count). The molecular weight excluding hydrogens is 231 g/mol. The van der Waals surface area contributed by atoms with E-state index in [1.165, 1.54) is 12.8 Å². The Morgan fingerprint density at radius 2 is 2.07 bits per heavy atom. The monoisotopic (exact) mass is 244 g/mol. The second-order valence-corrected chi connectivity index (χ2v) is 5.02. The van der Waals surface area contributed by atoms with Crippen molar-refractivity contribution in [3.8, 4) is 0 Å². The zero-order valence-corrected chi connectivity index (χ0v) is 9.93. The smallest absolute Gasteiger partial charge is 0.0571 e. The Balaban J connectivity index is 1.94. The van der Waals surface area contributed by atoms with Crippen molar-refractivity contribution in [1.29, 1.82) is 0 Å². The Morgan fingerprint density at radius 3 is 2.73 bits per heavy atom. The van der Waals surface area contributed by atoms with Crippen LogP contribution in [-0.4, -0.2) is 11.2 Å². The van der Waals surface area contributed by atoms with Gasteiger partial charge in [-0.15, -0.1) is 0 Å². The standard InChI is InChI=1S/C12H14Cl2O/c13-10-4-5-11(14)9(7-10)3-6-12(15)8-1-2-8/h4-5,7-8,12,15H,1-3,6H2. The first-order valence-electron chi connectivity index (χ1n) is 5.29. The highest BCUT2D eigenvalue weighted by molar-refractivity contribution is 6.33. The Bertz CT molecular complexity index is 347. The highest BCUT2D eigenvalue weighted by Gasteiger charge is 2.29. The van der Waals surface area contributed by atoms with E-state index in [0.717, 1.165) is 23.4 Å². The predicted octanol–water partition coefficient (Wildman–Crippen LogP) is 3.70. The summed E-state index contributed by atoms with van der Waals surface area (Å²) in [6, 6.07) is 5.47. The van der Waals surface area contributed by atoms with Gasteiger partial charge in [-0.25, -0.2) is 0 Å². The summed E-state index contributed by atoms with van der Waals surface area (Å²) in [5, 5.41) is 11.2. The highest BCUT2D eigenvalue weighted by Crippen LogP contribution is 2.34. The van der Waals surface area contributed by atoms with Crippen LogP contribution in [0.3, 0.4) is 0 Å². The Morgan fingerprint density at radius 1 is 1.33 bits per heavy atom. The number of halogens is 2. The van der Waals surface area contributed by atoms with Gasteiger partial charge >= 0.3 is 0 Å². The van der Waals surface area contributed by atoms with Crippen molar-refractivity contribution in [1.82, 2.24) is 0 Å². The SMILES string of the molecule is OC(CCc1cc(Cl)ccc1Cl)C1CC1. The molecule has 0 amide bonds. The molecule has 0 spiro atoms. The molecule has 15 heavy (non-hydrogen) atoms. The summed E-state index contributed by atoms with van der Waals surface area (Å²) < 4.78 is 0. The largest absolute Gasteiger partial charge is 0.393 e. The number of aliphatic hydroxyl groups is 1. The number of rotatable bonds is 4. The summed E-state index contributed by atoms with van der Waals surface area (Å²) in [6.07, 6.45) is 3.76. The van der Waals surface area contributed by atoms with Gasteiger partial charge in [0.15, 0.2) is 0 Å². The molecule has 1 aromatic rings. The van der Waals surface area contributed by atoms with Crippen molar-refractivity contribution in [2.45, 2.75) is 31.8 Å². The van der Waals surface area contributed by atoms with Crippen molar-refractivity contribution in [2.24, 2.45) is 5.92 Å². The van der Waals surface area contributed by atoms with E-state index in [1.54, 1.807) is 6.07 Å². The fourth-order valence-electron chi connectivity index (χ4n) is 1.75. The van der Waals surface area contributed by atoms with E-state index in [9.17, 15) is 5.11 Å². The zero-order chi connectivity index (χ0) is 10.8. The van der Waals surface area contributed by atoms with Gasteiger partial charge in [-0.3, -0.25) is 0 Å². The van der Waals surface area contributed by atoms with E-state index in [0.29, 0.717) is 10.9 Å². The molecule has 1 aromatic carbocycles. The van der Waals surface area contributed by atoms with Gasteiger partial charge in [0.25, 0.3) is 0 Å². The molecule has 1 fully saturated rings. The predicted molar refractivity (Wildman–Crippen MR) is 63.5 cm³/mol. The molecule has 0 aromatic heterocycles. The van der Waals surface area contributed by atoms with E-state index in [1.807, 2.05) is 12.1 Å². The van der Waals surface area contributed by atoms with Crippen LogP contribution in [-0.2, 0) is 6.42 Å². The first-order valence-corrected chi connectivity index (χ1v) is 6.04. The lowest BCUT2D eigenvalue weighted by molar-refractivity contribution is 0.142. The molecule has 1 nitrogen and oxygen atoms in total. The maximum Gasteiger partial charge on any atom is 0.0571 e. The number of hydrogen-bond donors (Lipinski definition) is 1. The summed E-state index contributed by atoms with van der Waals surface area (Å²) >= 11 is 11.9. The van der Waals surface area contributed by atoms with Crippen LogP contribution in [0.2, 0.25) is 10.0 Å². The summed E-state index contributed by atoms with van der Waals surface area (Å²) in [6.45, 7) is 0. The molecule has 3 heteroatoms. The van der Waals surface area contributed by atoms with E-state index in [2.05, 4.69) is 0 Å². The van der Waals surface area contributed by atoms with Crippen molar-refractivity contribution < 1.29 is 5.11 Å². The maximum absolute atomic E-state index is 9.73. The Hall–Kier alpha value is -0.240. The molecule has 1 N–H and O–H groups in total. The molecule has 0 heterocycles. The number of hydrogen-bond acceptors (Lipinski definition) is 1. The van der Waals surface area contributed by atoms with Gasteiger partial charge in [0.2, 0.25) is 0 Å². The van der Waals surface area contributed by atoms with Crippen LogP contribution in [0.5, 0.6) is 0 Å². The molecule has 1 aliphatic rings. The first kappa shape index (κ1) is 11.3. The molecule has 0 saturated heterocycles. The number of benzene rings is 1. The molecular formula is C12H14Cl2O. The average Bonchev–Trinajstić information content (AvgIpc) is 3.02. The number of aryl methyl sites for hydroxylation is 1. The maximum atomic E-state index is 9.73. The van der Waals surface area contributed by atoms with Gasteiger partial charge < -0.3 is 5.11 Å². The van der Waals surface area contributed by atoms with Crippen molar-refractivity contribution in [2.75, 3.05) is 0 Å². The second-order valence-electron chi connectivity index (χ2n) is 4.18. The van der Waals surface area contributed by atoms with Gasteiger partial charge in [0.1, 0.15) is 0 Å². The lowest BCUT2D eigenvalue weighted by Crippen LogP contribution is -2.10. The van der Waals surface area contributed by atoms with Gasteiger partial charge in [-0.1, -0.05) is 23.2 Å². The van der Waals surface area contributed by atoms with Gasteiger partial charge in [0, 0.05) is 10.0 Å².